The summed E-state index contributed by atoms with van der Waals surface area (Å²) in [4.78, 5) is 21.0. The van der Waals surface area contributed by atoms with Gasteiger partial charge in [-0.15, -0.1) is 0 Å². The normalized spacial score (nSPS) is 10.7. The summed E-state index contributed by atoms with van der Waals surface area (Å²) in [7, 11) is 0. The maximum absolute atomic E-state index is 11.8. The van der Waals surface area contributed by atoms with E-state index in [9.17, 15) is 9.59 Å². The number of rotatable bonds is 7. The van der Waals surface area contributed by atoms with Crippen LogP contribution in [-0.2, 0) is 20.7 Å². The van der Waals surface area contributed by atoms with E-state index in [0.717, 1.165) is 17.7 Å². The maximum Gasteiger partial charge on any atom is 0.328 e. The number of nitrogens with two attached hydrogens (primary N) is 1. The van der Waals surface area contributed by atoms with Gasteiger partial charge in [-0.3, -0.25) is 4.79 Å². The van der Waals surface area contributed by atoms with Crippen LogP contribution >= 0.6 is 0 Å². The van der Waals surface area contributed by atoms with E-state index in [-0.39, 0.29) is 25.5 Å². The SMILES string of the molecule is CCc1cc(C)cc(C)c1N[C@@H](C)C(=O)OCCC#N.NCC(=O)O. The Labute approximate surface area is 148 Å². The number of carbonyl (C=O) groups excluding carboxylic acids is 1. The minimum atomic E-state index is -0.968. The lowest BCUT2D eigenvalue weighted by molar-refractivity contribution is -0.144. The van der Waals surface area contributed by atoms with E-state index in [1.807, 2.05) is 13.0 Å². The summed E-state index contributed by atoms with van der Waals surface area (Å²) in [6.45, 7) is 7.83. The van der Waals surface area contributed by atoms with Gasteiger partial charge in [0.1, 0.15) is 12.6 Å². The highest BCUT2D eigenvalue weighted by atomic mass is 16.5. The minimum Gasteiger partial charge on any atom is -0.480 e. The number of nitriles is 1. The third-order valence-corrected chi connectivity index (χ3v) is 3.29. The Morgan fingerprint density at radius 3 is 2.48 bits per heavy atom. The second kappa shape index (κ2) is 11.9. The number of ether oxygens (including phenoxy) is 1. The Balaban J connectivity index is 0.00000101. The summed E-state index contributed by atoms with van der Waals surface area (Å²) in [5.41, 5.74) is 9.11. The van der Waals surface area contributed by atoms with Crippen molar-refractivity contribution < 1.29 is 19.4 Å². The van der Waals surface area contributed by atoms with Crippen molar-refractivity contribution in [2.45, 2.75) is 46.6 Å². The van der Waals surface area contributed by atoms with Gasteiger partial charge in [-0.1, -0.05) is 24.6 Å². The van der Waals surface area contributed by atoms with Gasteiger partial charge in [-0.2, -0.15) is 5.26 Å². The van der Waals surface area contributed by atoms with Crippen molar-refractivity contribution in [3.8, 4) is 6.07 Å². The molecule has 1 atom stereocenters. The molecule has 0 saturated heterocycles. The van der Waals surface area contributed by atoms with Crippen LogP contribution in [0.1, 0.15) is 37.0 Å². The fourth-order valence-electron chi connectivity index (χ4n) is 2.14. The van der Waals surface area contributed by atoms with E-state index in [0.29, 0.717) is 0 Å². The molecule has 0 saturated carbocycles. The molecule has 0 aliphatic rings. The van der Waals surface area contributed by atoms with Gasteiger partial charge in [0, 0.05) is 5.69 Å². The summed E-state index contributed by atoms with van der Waals surface area (Å²) in [6.07, 6.45) is 1.13. The largest absolute Gasteiger partial charge is 0.480 e. The van der Waals surface area contributed by atoms with Crippen LogP contribution < -0.4 is 11.1 Å². The molecule has 0 fully saturated rings. The van der Waals surface area contributed by atoms with Crippen LogP contribution in [-0.4, -0.2) is 36.2 Å². The quantitative estimate of drug-likeness (QED) is 0.508. The predicted octanol–water partition coefficient (Wildman–Crippen LogP) is 2.15. The van der Waals surface area contributed by atoms with Gasteiger partial charge in [0.05, 0.1) is 19.0 Å². The lowest BCUT2D eigenvalue weighted by atomic mass is 10.0. The van der Waals surface area contributed by atoms with Crippen LogP contribution in [0.2, 0.25) is 0 Å². The molecule has 0 bridgehead atoms. The lowest BCUT2D eigenvalue weighted by Crippen LogP contribution is -2.29. The Bertz CT molecular complexity index is 623. The number of carboxylic acids is 1. The third kappa shape index (κ3) is 8.72. The Morgan fingerprint density at radius 2 is 2.00 bits per heavy atom. The molecule has 0 heterocycles. The molecule has 0 spiro atoms. The molecule has 0 aliphatic heterocycles. The number of benzene rings is 1. The van der Waals surface area contributed by atoms with Crippen LogP contribution in [0, 0.1) is 25.2 Å². The van der Waals surface area contributed by atoms with Crippen LogP contribution in [0.3, 0.4) is 0 Å². The fraction of sp³-hybridized carbons (Fsp3) is 0.500. The zero-order valence-corrected chi connectivity index (χ0v) is 15.3. The first-order valence-corrected chi connectivity index (χ1v) is 8.08. The first kappa shape index (κ1) is 22.4. The standard InChI is InChI=1S/C16H22N2O2.C2H5NO2/c1-5-14-10-11(2)9-12(3)15(14)18-13(4)16(19)20-8-6-7-17;3-1-2(4)5/h9-10,13,18H,5-6,8H2,1-4H3;1,3H2,(H,4,5)/t13-;/m0./s1. The van der Waals surface area contributed by atoms with Gasteiger partial charge in [0.25, 0.3) is 0 Å². The smallest absolute Gasteiger partial charge is 0.328 e. The number of anilines is 1. The first-order valence-electron chi connectivity index (χ1n) is 8.08. The van der Waals surface area contributed by atoms with Gasteiger partial charge in [0.2, 0.25) is 0 Å². The molecular weight excluding hydrogens is 322 g/mol. The molecule has 0 aromatic heterocycles. The van der Waals surface area contributed by atoms with Crippen LogP contribution in [0.25, 0.3) is 0 Å². The summed E-state index contributed by atoms with van der Waals surface area (Å²) in [5.74, 6) is -1.30. The Morgan fingerprint density at radius 1 is 1.40 bits per heavy atom. The van der Waals surface area contributed by atoms with Crippen molar-refractivity contribution in [3.05, 3.63) is 28.8 Å². The second-order valence-electron chi connectivity index (χ2n) is 5.51. The molecule has 0 unspecified atom stereocenters. The van der Waals surface area contributed by atoms with Crippen molar-refractivity contribution >= 4 is 17.6 Å². The van der Waals surface area contributed by atoms with Crippen molar-refractivity contribution in [2.75, 3.05) is 18.5 Å². The average Bonchev–Trinajstić information content (AvgIpc) is 2.57. The maximum atomic E-state index is 11.8. The number of nitrogens with zero attached hydrogens (tertiary/aromatic N) is 1. The molecule has 0 amide bonds. The molecule has 1 aromatic carbocycles. The summed E-state index contributed by atoms with van der Waals surface area (Å²) >= 11 is 0. The molecular formula is C18H27N3O4. The highest BCUT2D eigenvalue weighted by Crippen LogP contribution is 2.24. The third-order valence-electron chi connectivity index (χ3n) is 3.29. The minimum absolute atomic E-state index is 0.148. The van der Waals surface area contributed by atoms with Crippen LogP contribution in [0.5, 0.6) is 0 Å². The number of hydrogen-bond donors (Lipinski definition) is 3. The van der Waals surface area contributed by atoms with Gasteiger partial charge < -0.3 is 20.9 Å². The second-order valence-corrected chi connectivity index (χ2v) is 5.51. The van der Waals surface area contributed by atoms with E-state index in [1.54, 1.807) is 6.92 Å². The zero-order valence-electron chi connectivity index (χ0n) is 15.3. The monoisotopic (exact) mass is 349 g/mol. The average molecular weight is 349 g/mol. The highest BCUT2D eigenvalue weighted by molar-refractivity contribution is 5.79. The Kier molecular flexibility index (Phi) is 10.6. The van der Waals surface area contributed by atoms with E-state index >= 15 is 0 Å². The molecule has 0 radical (unpaired) electrons. The Hall–Kier alpha value is -2.59. The van der Waals surface area contributed by atoms with E-state index < -0.39 is 12.0 Å². The number of aliphatic carboxylic acids is 1. The van der Waals surface area contributed by atoms with Crippen molar-refractivity contribution in [3.63, 3.8) is 0 Å². The van der Waals surface area contributed by atoms with E-state index in [4.69, 9.17) is 15.1 Å². The molecule has 7 nitrogen and oxygen atoms in total. The van der Waals surface area contributed by atoms with Crippen molar-refractivity contribution in [2.24, 2.45) is 5.73 Å². The van der Waals surface area contributed by atoms with Gasteiger partial charge >= 0.3 is 11.9 Å². The number of carboxylic acid groups (broad SMARTS) is 1. The highest BCUT2D eigenvalue weighted by Gasteiger charge is 2.16. The molecule has 1 aromatic rings. The summed E-state index contributed by atoms with van der Waals surface area (Å²) < 4.78 is 5.03. The first-order chi connectivity index (χ1) is 11.8. The summed E-state index contributed by atoms with van der Waals surface area (Å²) in [6, 6.07) is 5.74. The van der Waals surface area contributed by atoms with E-state index in [2.05, 4.69) is 37.0 Å². The van der Waals surface area contributed by atoms with Crippen molar-refractivity contribution in [1.82, 2.24) is 0 Å². The van der Waals surface area contributed by atoms with E-state index in [1.165, 1.54) is 11.1 Å². The number of carbonyl (C=O) groups is 2. The van der Waals surface area contributed by atoms with Gasteiger partial charge in [-0.25, -0.2) is 4.79 Å². The fourth-order valence-corrected chi connectivity index (χ4v) is 2.14. The van der Waals surface area contributed by atoms with Crippen molar-refractivity contribution in [1.29, 1.82) is 5.26 Å². The van der Waals surface area contributed by atoms with Crippen LogP contribution in [0.4, 0.5) is 5.69 Å². The molecule has 7 heteroatoms. The molecule has 138 valence electrons. The lowest BCUT2D eigenvalue weighted by Gasteiger charge is -2.19. The predicted molar refractivity (Wildman–Crippen MR) is 96.3 cm³/mol. The molecule has 25 heavy (non-hydrogen) atoms. The number of aryl methyl sites for hydroxylation is 3. The number of hydrogen-bond acceptors (Lipinski definition) is 6. The number of esters is 1. The van der Waals surface area contributed by atoms with Gasteiger partial charge in [-0.05, 0) is 38.3 Å². The molecule has 0 aliphatic carbocycles. The topological polar surface area (TPSA) is 125 Å². The number of nitrogens with one attached hydrogen (secondary N) is 1. The zero-order chi connectivity index (χ0) is 19.4. The summed E-state index contributed by atoms with van der Waals surface area (Å²) in [5, 5.41) is 19.3. The van der Waals surface area contributed by atoms with Gasteiger partial charge in [0.15, 0.2) is 0 Å². The van der Waals surface area contributed by atoms with Crippen LogP contribution in [0.15, 0.2) is 12.1 Å². The molecule has 4 N–H and O–H groups in total. The molecule has 1 rings (SSSR count).